The maximum Gasteiger partial charge on any atom is 0.118 e. The van der Waals surface area contributed by atoms with Gasteiger partial charge in [0.25, 0.3) is 0 Å². The molecular formula is C18H29NO2. The van der Waals surface area contributed by atoms with Crippen molar-refractivity contribution < 1.29 is 9.84 Å². The topological polar surface area (TPSA) is 32.7 Å². The van der Waals surface area contributed by atoms with Crippen LogP contribution in [-0.2, 0) is 6.54 Å². The molecule has 1 saturated carbocycles. The van der Waals surface area contributed by atoms with Crippen LogP contribution in [0.4, 0.5) is 0 Å². The van der Waals surface area contributed by atoms with Crippen LogP contribution >= 0.6 is 0 Å². The number of hydrogen-bond acceptors (Lipinski definition) is 3. The molecule has 0 saturated heterocycles. The summed E-state index contributed by atoms with van der Waals surface area (Å²) in [6.07, 6.45) is 3.04. The second kappa shape index (κ2) is 6.80. The van der Waals surface area contributed by atoms with Crippen molar-refractivity contribution in [3.05, 3.63) is 29.8 Å². The van der Waals surface area contributed by atoms with E-state index in [1.54, 1.807) is 7.11 Å². The fourth-order valence-corrected chi connectivity index (χ4v) is 3.42. The zero-order chi connectivity index (χ0) is 15.5. The van der Waals surface area contributed by atoms with Crippen molar-refractivity contribution in [3.8, 4) is 5.75 Å². The highest BCUT2D eigenvalue weighted by molar-refractivity contribution is 5.27. The van der Waals surface area contributed by atoms with Crippen molar-refractivity contribution in [2.24, 2.45) is 11.3 Å². The Labute approximate surface area is 128 Å². The van der Waals surface area contributed by atoms with E-state index in [4.69, 9.17) is 4.74 Å². The molecule has 0 aromatic heterocycles. The molecule has 1 aromatic rings. The Morgan fingerprint density at radius 2 is 1.95 bits per heavy atom. The number of benzene rings is 1. The van der Waals surface area contributed by atoms with Crippen molar-refractivity contribution >= 4 is 0 Å². The molecule has 1 fully saturated rings. The van der Waals surface area contributed by atoms with Gasteiger partial charge in [-0.25, -0.2) is 0 Å². The third-order valence-electron chi connectivity index (χ3n) is 4.63. The molecular weight excluding hydrogens is 262 g/mol. The van der Waals surface area contributed by atoms with Gasteiger partial charge in [0.15, 0.2) is 0 Å². The third-order valence-corrected chi connectivity index (χ3v) is 4.63. The predicted octanol–water partition coefficient (Wildman–Crippen LogP) is 3.31. The van der Waals surface area contributed by atoms with Crippen molar-refractivity contribution in [2.75, 3.05) is 20.7 Å². The molecule has 2 unspecified atom stereocenters. The fraction of sp³-hybridized carbons (Fsp3) is 0.667. The Hall–Kier alpha value is -1.06. The number of nitrogens with zero attached hydrogens (tertiary/aromatic N) is 1. The maximum absolute atomic E-state index is 10.2. The molecule has 3 heteroatoms. The second-order valence-corrected chi connectivity index (χ2v) is 7.28. The first kappa shape index (κ1) is 16.3. The third kappa shape index (κ3) is 4.72. The lowest BCUT2D eigenvalue weighted by molar-refractivity contribution is 0.00673. The second-order valence-electron chi connectivity index (χ2n) is 7.28. The minimum Gasteiger partial charge on any atom is -0.497 e. The summed E-state index contributed by atoms with van der Waals surface area (Å²) in [5.74, 6) is 1.28. The van der Waals surface area contributed by atoms with Gasteiger partial charge in [-0.2, -0.15) is 0 Å². The van der Waals surface area contributed by atoms with Crippen LogP contribution in [0.15, 0.2) is 24.3 Å². The molecule has 3 nitrogen and oxygen atoms in total. The van der Waals surface area contributed by atoms with Gasteiger partial charge in [-0.3, -0.25) is 0 Å². The smallest absolute Gasteiger partial charge is 0.118 e. The van der Waals surface area contributed by atoms with E-state index in [-0.39, 0.29) is 6.10 Å². The van der Waals surface area contributed by atoms with Gasteiger partial charge in [0, 0.05) is 13.1 Å². The van der Waals surface area contributed by atoms with Crippen LogP contribution in [0, 0.1) is 11.3 Å². The van der Waals surface area contributed by atoms with Crippen LogP contribution in [0.2, 0.25) is 0 Å². The van der Waals surface area contributed by atoms with Crippen LogP contribution in [0.3, 0.4) is 0 Å². The van der Waals surface area contributed by atoms with Crippen molar-refractivity contribution in [3.63, 3.8) is 0 Å². The first-order valence-corrected chi connectivity index (χ1v) is 7.89. The number of aliphatic hydroxyl groups excluding tert-OH is 1. The summed E-state index contributed by atoms with van der Waals surface area (Å²) >= 11 is 0. The summed E-state index contributed by atoms with van der Waals surface area (Å²) in [5.41, 5.74) is 1.65. The molecule has 0 bridgehead atoms. The van der Waals surface area contributed by atoms with Crippen molar-refractivity contribution in [1.29, 1.82) is 0 Å². The molecule has 0 aliphatic heterocycles. The predicted molar refractivity (Wildman–Crippen MR) is 86.5 cm³/mol. The minimum absolute atomic E-state index is 0.142. The van der Waals surface area contributed by atoms with Crippen LogP contribution in [-0.4, -0.2) is 36.8 Å². The van der Waals surface area contributed by atoms with E-state index in [0.717, 1.165) is 38.1 Å². The Kier molecular flexibility index (Phi) is 5.28. The summed E-state index contributed by atoms with van der Waals surface area (Å²) in [6, 6.07) is 8.22. The van der Waals surface area contributed by atoms with Crippen LogP contribution in [0.1, 0.15) is 38.7 Å². The quantitative estimate of drug-likeness (QED) is 0.903. The van der Waals surface area contributed by atoms with Gasteiger partial charge >= 0.3 is 0 Å². The first-order valence-electron chi connectivity index (χ1n) is 7.89. The highest BCUT2D eigenvalue weighted by Crippen LogP contribution is 2.39. The largest absolute Gasteiger partial charge is 0.497 e. The van der Waals surface area contributed by atoms with Crippen molar-refractivity contribution in [2.45, 2.75) is 45.8 Å². The Morgan fingerprint density at radius 3 is 2.57 bits per heavy atom. The number of hydrogen-bond donors (Lipinski definition) is 1. The first-order chi connectivity index (χ1) is 9.89. The zero-order valence-corrected chi connectivity index (χ0v) is 13.8. The van der Waals surface area contributed by atoms with Crippen LogP contribution in [0.5, 0.6) is 5.75 Å². The summed E-state index contributed by atoms with van der Waals surface area (Å²) in [7, 11) is 3.83. The average molecular weight is 291 g/mol. The lowest BCUT2D eigenvalue weighted by atomic mass is 9.71. The lowest BCUT2D eigenvalue weighted by Crippen LogP contribution is -2.39. The highest BCUT2D eigenvalue weighted by atomic mass is 16.5. The molecule has 0 heterocycles. The molecule has 2 rings (SSSR count). The summed E-state index contributed by atoms with van der Waals surface area (Å²) in [5, 5.41) is 10.2. The average Bonchev–Trinajstić information content (AvgIpc) is 2.43. The van der Waals surface area contributed by atoms with E-state index in [9.17, 15) is 5.11 Å². The summed E-state index contributed by atoms with van der Waals surface area (Å²) < 4.78 is 5.19. The highest BCUT2D eigenvalue weighted by Gasteiger charge is 2.34. The van der Waals surface area contributed by atoms with Crippen molar-refractivity contribution in [1.82, 2.24) is 4.90 Å². The Morgan fingerprint density at radius 1 is 1.29 bits per heavy atom. The number of methoxy groups -OCH3 is 1. The molecule has 0 spiro atoms. The van der Waals surface area contributed by atoms with Gasteiger partial charge < -0.3 is 14.7 Å². The fourth-order valence-electron chi connectivity index (χ4n) is 3.42. The zero-order valence-electron chi connectivity index (χ0n) is 13.8. The summed E-state index contributed by atoms with van der Waals surface area (Å²) in [4.78, 5) is 2.32. The molecule has 1 aromatic carbocycles. The molecule has 118 valence electrons. The number of rotatable bonds is 5. The molecule has 21 heavy (non-hydrogen) atoms. The number of aliphatic hydroxyl groups is 1. The van der Waals surface area contributed by atoms with Gasteiger partial charge in [0.05, 0.1) is 13.2 Å². The number of ether oxygens (including phenoxy) is 1. The van der Waals surface area contributed by atoms with E-state index in [1.165, 1.54) is 5.56 Å². The standard InChI is InChI=1S/C18H29NO2/c1-18(2)10-9-17(20)15(11-18)13-19(3)12-14-5-7-16(21-4)8-6-14/h5-8,15,17,20H,9-13H2,1-4H3. The maximum atomic E-state index is 10.2. The monoisotopic (exact) mass is 291 g/mol. The van der Waals surface area contributed by atoms with Gasteiger partial charge in [0.1, 0.15) is 5.75 Å². The molecule has 0 radical (unpaired) electrons. The van der Waals surface area contributed by atoms with Crippen LogP contribution < -0.4 is 4.74 Å². The molecule has 1 aliphatic carbocycles. The normalized spacial score (nSPS) is 25.0. The summed E-state index contributed by atoms with van der Waals surface area (Å²) in [6.45, 7) is 6.50. The van der Waals surface area contributed by atoms with E-state index >= 15 is 0 Å². The Bertz CT molecular complexity index is 441. The molecule has 2 atom stereocenters. The van der Waals surface area contributed by atoms with Gasteiger partial charge in [-0.05, 0) is 55.3 Å². The van der Waals surface area contributed by atoms with Gasteiger partial charge in [-0.15, -0.1) is 0 Å². The van der Waals surface area contributed by atoms with E-state index in [0.29, 0.717) is 11.3 Å². The molecule has 0 amide bonds. The lowest BCUT2D eigenvalue weighted by Gasteiger charge is -2.40. The minimum atomic E-state index is -0.142. The van der Waals surface area contributed by atoms with E-state index in [2.05, 4.69) is 37.9 Å². The Balaban J connectivity index is 1.89. The SMILES string of the molecule is COc1ccc(CN(C)CC2CC(C)(C)CCC2O)cc1. The van der Waals surface area contributed by atoms with Crippen LogP contribution in [0.25, 0.3) is 0 Å². The van der Waals surface area contributed by atoms with E-state index in [1.807, 2.05) is 12.1 Å². The molecule has 1 N–H and O–H groups in total. The van der Waals surface area contributed by atoms with E-state index < -0.39 is 0 Å². The van der Waals surface area contributed by atoms with Gasteiger partial charge in [0.2, 0.25) is 0 Å². The van der Waals surface area contributed by atoms with Gasteiger partial charge in [-0.1, -0.05) is 26.0 Å². The molecule has 1 aliphatic rings.